The summed E-state index contributed by atoms with van der Waals surface area (Å²) < 4.78 is 0. The zero-order valence-corrected chi connectivity index (χ0v) is 12.7. The Labute approximate surface area is 121 Å². The van der Waals surface area contributed by atoms with Crippen molar-refractivity contribution in [1.82, 2.24) is 20.9 Å². The molecule has 1 atom stereocenters. The van der Waals surface area contributed by atoms with Crippen LogP contribution in [0.15, 0.2) is 0 Å². The normalized spacial score (nSPS) is 18.1. The number of hydrogen-bond acceptors (Lipinski definition) is 4. The lowest BCUT2D eigenvalue weighted by molar-refractivity contribution is -0.123. The third-order valence-corrected chi connectivity index (χ3v) is 3.49. The molecular weight excluding hydrogens is 256 g/mol. The Kier molecular flexibility index (Phi) is 8.22. The third-order valence-electron chi connectivity index (χ3n) is 3.49. The van der Waals surface area contributed by atoms with Crippen LogP contribution >= 0.6 is 0 Å². The summed E-state index contributed by atoms with van der Waals surface area (Å²) in [5, 5.41) is 9.00. The summed E-state index contributed by atoms with van der Waals surface area (Å²) in [7, 11) is 0. The quantitative estimate of drug-likeness (QED) is 0.600. The van der Waals surface area contributed by atoms with E-state index in [9.17, 15) is 9.59 Å². The first kappa shape index (κ1) is 16.9. The van der Waals surface area contributed by atoms with E-state index >= 15 is 0 Å². The van der Waals surface area contributed by atoms with Crippen molar-refractivity contribution in [3.8, 4) is 0 Å². The second-order valence-corrected chi connectivity index (χ2v) is 5.36. The van der Waals surface area contributed by atoms with Crippen LogP contribution < -0.4 is 16.0 Å². The van der Waals surface area contributed by atoms with E-state index < -0.39 is 0 Å². The summed E-state index contributed by atoms with van der Waals surface area (Å²) in [5.74, 6) is 0.00172. The predicted molar refractivity (Wildman–Crippen MR) is 79.4 cm³/mol. The second-order valence-electron chi connectivity index (χ2n) is 5.36. The van der Waals surface area contributed by atoms with Gasteiger partial charge in [-0.25, -0.2) is 0 Å². The molecule has 0 bridgehead atoms. The van der Waals surface area contributed by atoms with Gasteiger partial charge in [-0.3, -0.25) is 14.5 Å². The summed E-state index contributed by atoms with van der Waals surface area (Å²) >= 11 is 0. The Bertz CT molecular complexity index is 302. The molecule has 1 saturated heterocycles. The molecule has 1 rings (SSSR count). The molecule has 0 aromatic heterocycles. The van der Waals surface area contributed by atoms with Gasteiger partial charge in [0.25, 0.3) is 0 Å². The van der Waals surface area contributed by atoms with Gasteiger partial charge >= 0.3 is 0 Å². The van der Waals surface area contributed by atoms with Gasteiger partial charge in [-0.1, -0.05) is 6.92 Å². The number of amides is 2. The maximum absolute atomic E-state index is 11.8. The van der Waals surface area contributed by atoms with Crippen molar-refractivity contribution < 1.29 is 9.59 Å². The van der Waals surface area contributed by atoms with Gasteiger partial charge in [-0.15, -0.1) is 0 Å². The smallest absolute Gasteiger partial charge is 0.234 e. The lowest BCUT2D eigenvalue weighted by Gasteiger charge is -2.18. The molecule has 0 aromatic carbocycles. The number of rotatable bonds is 7. The van der Waals surface area contributed by atoms with Crippen LogP contribution in [0.3, 0.4) is 0 Å². The lowest BCUT2D eigenvalue weighted by Crippen LogP contribution is -2.40. The largest absolute Gasteiger partial charge is 0.354 e. The van der Waals surface area contributed by atoms with Crippen LogP contribution in [0.1, 0.15) is 33.1 Å². The second kappa shape index (κ2) is 9.72. The summed E-state index contributed by atoms with van der Waals surface area (Å²) in [6, 6.07) is 0.197. The summed E-state index contributed by atoms with van der Waals surface area (Å²) in [4.78, 5) is 25.5. The van der Waals surface area contributed by atoms with Crippen molar-refractivity contribution in [2.75, 3.05) is 39.3 Å². The van der Waals surface area contributed by atoms with E-state index in [0.29, 0.717) is 19.5 Å². The monoisotopic (exact) mass is 284 g/mol. The molecule has 0 spiro atoms. The highest BCUT2D eigenvalue weighted by atomic mass is 16.2. The molecule has 0 saturated carbocycles. The van der Waals surface area contributed by atoms with E-state index in [0.717, 1.165) is 39.0 Å². The number of hydrogen-bond donors (Lipinski definition) is 3. The molecule has 20 heavy (non-hydrogen) atoms. The summed E-state index contributed by atoms with van der Waals surface area (Å²) in [6.07, 6.45) is 2.34. The fourth-order valence-electron chi connectivity index (χ4n) is 2.08. The third kappa shape index (κ3) is 7.45. The Morgan fingerprint density at radius 1 is 1.25 bits per heavy atom. The number of carbonyl (C=O) groups is 2. The molecule has 116 valence electrons. The summed E-state index contributed by atoms with van der Waals surface area (Å²) in [5.41, 5.74) is 0. The van der Waals surface area contributed by atoms with E-state index in [1.807, 2.05) is 13.8 Å². The Morgan fingerprint density at radius 3 is 2.80 bits per heavy atom. The number of carbonyl (C=O) groups excluding carboxylic acids is 2. The maximum Gasteiger partial charge on any atom is 0.234 e. The van der Waals surface area contributed by atoms with Crippen LogP contribution in [0.4, 0.5) is 0 Å². The standard InChI is InChI=1S/C14H28N4O2/c1-3-12(2)17-13(19)5-7-16-14(20)11-18-9-4-6-15-8-10-18/h12,15H,3-11H2,1-2H3,(H,16,20)(H,17,19). The van der Waals surface area contributed by atoms with Crippen molar-refractivity contribution in [3.05, 3.63) is 0 Å². The van der Waals surface area contributed by atoms with Crippen molar-refractivity contribution in [2.45, 2.75) is 39.2 Å². The van der Waals surface area contributed by atoms with Crippen molar-refractivity contribution in [3.63, 3.8) is 0 Å². The van der Waals surface area contributed by atoms with Crippen molar-refractivity contribution in [2.24, 2.45) is 0 Å². The van der Waals surface area contributed by atoms with Gasteiger partial charge in [0.2, 0.25) is 11.8 Å². The molecule has 0 aromatic rings. The van der Waals surface area contributed by atoms with Gasteiger partial charge in [-0.2, -0.15) is 0 Å². The topological polar surface area (TPSA) is 73.5 Å². The minimum atomic E-state index is -0.00128. The highest BCUT2D eigenvalue weighted by Gasteiger charge is 2.12. The molecule has 6 heteroatoms. The van der Waals surface area contributed by atoms with Gasteiger partial charge in [0.15, 0.2) is 0 Å². The molecular formula is C14H28N4O2. The van der Waals surface area contributed by atoms with Gasteiger partial charge in [0.05, 0.1) is 6.54 Å². The fourth-order valence-corrected chi connectivity index (χ4v) is 2.08. The molecule has 1 unspecified atom stereocenters. The van der Waals surface area contributed by atoms with E-state index in [1.54, 1.807) is 0 Å². The van der Waals surface area contributed by atoms with Crippen molar-refractivity contribution >= 4 is 11.8 Å². The Balaban J connectivity index is 2.11. The zero-order valence-electron chi connectivity index (χ0n) is 12.7. The van der Waals surface area contributed by atoms with Crippen LogP contribution in [0.2, 0.25) is 0 Å². The molecule has 1 heterocycles. The summed E-state index contributed by atoms with van der Waals surface area (Å²) in [6.45, 7) is 8.66. The first-order valence-electron chi connectivity index (χ1n) is 7.61. The average molecular weight is 284 g/mol. The number of nitrogens with one attached hydrogen (secondary N) is 3. The molecule has 2 amide bonds. The lowest BCUT2D eigenvalue weighted by atomic mass is 10.2. The first-order chi connectivity index (χ1) is 9.61. The van der Waals surface area contributed by atoms with Gasteiger partial charge in [-0.05, 0) is 32.9 Å². The molecule has 0 radical (unpaired) electrons. The Morgan fingerprint density at radius 2 is 2.05 bits per heavy atom. The molecule has 0 aliphatic carbocycles. The predicted octanol–water partition coefficient (Wildman–Crippen LogP) is -0.297. The molecule has 6 nitrogen and oxygen atoms in total. The van der Waals surface area contributed by atoms with E-state index in [-0.39, 0.29) is 17.9 Å². The van der Waals surface area contributed by atoms with Crippen LogP contribution in [-0.2, 0) is 9.59 Å². The zero-order chi connectivity index (χ0) is 14.8. The van der Waals surface area contributed by atoms with E-state index in [4.69, 9.17) is 0 Å². The van der Waals surface area contributed by atoms with Gasteiger partial charge in [0.1, 0.15) is 0 Å². The molecule has 3 N–H and O–H groups in total. The van der Waals surface area contributed by atoms with Crippen LogP contribution in [0.25, 0.3) is 0 Å². The van der Waals surface area contributed by atoms with Crippen LogP contribution in [0, 0.1) is 0 Å². The SMILES string of the molecule is CCC(C)NC(=O)CCNC(=O)CN1CCCNCC1. The molecule has 1 aliphatic rings. The van der Waals surface area contributed by atoms with Crippen molar-refractivity contribution in [1.29, 1.82) is 0 Å². The Hall–Kier alpha value is -1.14. The fraction of sp³-hybridized carbons (Fsp3) is 0.857. The average Bonchev–Trinajstić information content (AvgIpc) is 2.67. The maximum atomic E-state index is 11.8. The minimum Gasteiger partial charge on any atom is -0.354 e. The van der Waals surface area contributed by atoms with Crippen LogP contribution in [-0.4, -0.2) is 62.0 Å². The highest BCUT2D eigenvalue weighted by Crippen LogP contribution is 1.94. The van der Waals surface area contributed by atoms with Crippen LogP contribution in [0.5, 0.6) is 0 Å². The highest BCUT2D eigenvalue weighted by molar-refractivity contribution is 5.80. The number of nitrogens with zero attached hydrogens (tertiary/aromatic N) is 1. The first-order valence-corrected chi connectivity index (χ1v) is 7.61. The van der Waals surface area contributed by atoms with E-state index in [2.05, 4.69) is 20.9 Å². The molecule has 1 aliphatic heterocycles. The van der Waals surface area contributed by atoms with Gasteiger partial charge < -0.3 is 16.0 Å². The minimum absolute atomic E-state index is 0.00128. The van der Waals surface area contributed by atoms with Gasteiger partial charge in [0, 0.05) is 32.1 Å². The van der Waals surface area contributed by atoms with E-state index in [1.165, 1.54) is 0 Å². The molecule has 1 fully saturated rings.